The van der Waals surface area contributed by atoms with Crippen LogP contribution in [0.15, 0.2) is 53.8 Å². The summed E-state index contributed by atoms with van der Waals surface area (Å²) in [7, 11) is 1.65. The van der Waals surface area contributed by atoms with Crippen LogP contribution in [-0.4, -0.2) is 18.3 Å². The molecule has 0 atom stereocenters. The molecule has 0 amide bonds. The molecule has 1 aromatic heterocycles. The Balaban J connectivity index is 2.12. The van der Waals surface area contributed by atoms with Crippen molar-refractivity contribution in [1.29, 1.82) is 0 Å². The Morgan fingerprint density at radius 1 is 1.06 bits per heavy atom. The van der Waals surface area contributed by atoms with Crippen LogP contribution in [0.2, 0.25) is 0 Å². The molecule has 0 bridgehead atoms. The molecule has 3 heteroatoms. The van der Waals surface area contributed by atoms with Gasteiger partial charge in [0.2, 0.25) is 0 Å². The molecule has 0 N–H and O–H groups in total. The first-order chi connectivity index (χ1) is 7.88. The molecule has 0 saturated carbocycles. The molecule has 2 rings (SSSR count). The maximum Gasteiger partial charge on any atom is 0.119 e. The van der Waals surface area contributed by atoms with Gasteiger partial charge in [0.1, 0.15) is 5.75 Å². The van der Waals surface area contributed by atoms with Gasteiger partial charge in [0.05, 0.1) is 12.8 Å². The van der Waals surface area contributed by atoms with E-state index < -0.39 is 0 Å². The largest absolute Gasteiger partial charge is 0.497 e. The zero-order valence-electron chi connectivity index (χ0n) is 9.00. The second-order valence-corrected chi connectivity index (χ2v) is 3.24. The van der Waals surface area contributed by atoms with E-state index in [1.54, 1.807) is 19.5 Å². The molecule has 0 unspecified atom stereocenters. The summed E-state index contributed by atoms with van der Waals surface area (Å²) in [6.07, 6.45) is 5.30. The third-order valence-corrected chi connectivity index (χ3v) is 2.14. The maximum atomic E-state index is 5.07. The lowest BCUT2D eigenvalue weighted by Crippen LogP contribution is -1.81. The third kappa shape index (κ3) is 2.67. The molecular formula is C13H12N2O. The quantitative estimate of drug-likeness (QED) is 0.733. The van der Waals surface area contributed by atoms with E-state index in [2.05, 4.69) is 9.98 Å². The second kappa shape index (κ2) is 5.07. The lowest BCUT2D eigenvalue weighted by atomic mass is 10.3. The zero-order chi connectivity index (χ0) is 11.2. The fraction of sp³-hybridized carbons (Fsp3) is 0.0769. The minimum atomic E-state index is 0.836. The van der Waals surface area contributed by atoms with Gasteiger partial charge in [-0.05, 0) is 42.0 Å². The number of ether oxygens (including phenoxy) is 1. The molecule has 1 heterocycles. The van der Waals surface area contributed by atoms with E-state index in [9.17, 15) is 0 Å². The molecule has 80 valence electrons. The maximum absolute atomic E-state index is 5.07. The highest BCUT2D eigenvalue weighted by Gasteiger charge is 1.91. The Kier molecular flexibility index (Phi) is 3.28. The summed E-state index contributed by atoms with van der Waals surface area (Å²) in [5.74, 6) is 0.836. The highest BCUT2D eigenvalue weighted by molar-refractivity contribution is 5.81. The fourth-order valence-electron chi connectivity index (χ4n) is 1.27. The smallest absolute Gasteiger partial charge is 0.119 e. The van der Waals surface area contributed by atoms with Gasteiger partial charge in [-0.1, -0.05) is 0 Å². The Bertz CT molecular complexity index is 463. The first-order valence-corrected chi connectivity index (χ1v) is 4.96. The van der Waals surface area contributed by atoms with Crippen molar-refractivity contribution in [2.75, 3.05) is 7.11 Å². The lowest BCUT2D eigenvalue weighted by molar-refractivity contribution is 0.415. The van der Waals surface area contributed by atoms with Crippen LogP contribution in [0.5, 0.6) is 5.75 Å². The molecule has 16 heavy (non-hydrogen) atoms. The minimum Gasteiger partial charge on any atom is -0.497 e. The van der Waals surface area contributed by atoms with Crippen molar-refractivity contribution in [3.05, 3.63) is 54.4 Å². The van der Waals surface area contributed by atoms with Gasteiger partial charge in [0, 0.05) is 18.6 Å². The standard InChI is InChI=1S/C13H12N2O/c1-16-13-4-2-12(3-5-13)15-10-11-6-8-14-9-7-11/h2-10H,1H3. The summed E-state index contributed by atoms with van der Waals surface area (Å²) in [4.78, 5) is 8.29. The van der Waals surface area contributed by atoms with E-state index in [0.29, 0.717) is 0 Å². The number of pyridine rings is 1. The molecule has 1 aromatic carbocycles. The molecule has 0 saturated heterocycles. The van der Waals surface area contributed by atoms with Gasteiger partial charge >= 0.3 is 0 Å². The van der Waals surface area contributed by atoms with Crippen LogP contribution in [0.4, 0.5) is 5.69 Å². The highest BCUT2D eigenvalue weighted by atomic mass is 16.5. The number of methoxy groups -OCH3 is 1. The van der Waals surface area contributed by atoms with Crippen LogP contribution in [-0.2, 0) is 0 Å². The summed E-state index contributed by atoms with van der Waals surface area (Å²) >= 11 is 0. The van der Waals surface area contributed by atoms with E-state index in [0.717, 1.165) is 17.0 Å². The van der Waals surface area contributed by atoms with E-state index in [1.165, 1.54) is 0 Å². The van der Waals surface area contributed by atoms with Gasteiger partial charge in [-0.15, -0.1) is 0 Å². The number of benzene rings is 1. The molecular weight excluding hydrogens is 200 g/mol. The zero-order valence-corrected chi connectivity index (χ0v) is 9.00. The Hall–Kier alpha value is -2.16. The van der Waals surface area contributed by atoms with Crippen molar-refractivity contribution in [1.82, 2.24) is 4.98 Å². The van der Waals surface area contributed by atoms with Gasteiger partial charge in [-0.2, -0.15) is 0 Å². The molecule has 0 fully saturated rings. The molecule has 3 nitrogen and oxygen atoms in total. The number of hydrogen-bond acceptors (Lipinski definition) is 3. The van der Waals surface area contributed by atoms with Crippen molar-refractivity contribution in [2.45, 2.75) is 0 Å². The van der Waals surface area contributed by atoms with Gasteiger partial charge in [0.15, 0.2) is 0 Å². The molecule has 0 aliphatic carbocycles. The summed E-state index contributed by atoms with van der Waals surface area (Å²) < 4.78 is 5.07. The third-order valence-electron chi connectivity index (χ3n) is 2.14. The molecule has 0 radical (unpaired) electrons. The van der Waals surface area contributed by atoms with Gasteiger partial charge in [0.25, 0.3) is 0 Å². The van der Waals surface area contributed by atoms with Crippen LogP contribution < -0.4 is 4.74 Å². The molecule has 0 spiro atoms. The Morgan fingerprint density at radius 3 is 2.38 bits per heavy atom. The Morgan fingerprint density at radius 2 is 1.75 bits per heavy atom. The fourth-order valence-corrected chi connectivity index (χ4v) is 1.27. The summed E-state index contributed by atoms with van der Waals surface area (Å²) in [6, 6.07) is 11.4. The predicted octanol–water partition coefficient (Wildman–Crippen LogP) is 2.84. The number of rotatable bonds is 3. The monoisotopic (exact) mass is 212 g/mol. The summed E-state index contributed by atoms with van der Waals surface area (Å²) in [5, 5.41) is 0. The van der Waals surface area contributed by atoms with Gasteiger partial charge in [-0.3, -0.25) is 9.98 Å². The molecule has 0 aliphatic rings. The first kappa shape index (κ1) is 10.4. The number of hydrogen-bond donors (Lipinski definition) is 0. The first-order valence-electron chi connectivity index (χ1n) is 4.96. The summed E-state index contributed by atoms with van der Waals surface area (Å²) in [6.45, 7) is 0. The van der Waals surface area contributed by atoms with Crippen LogP contribution in [0.1, 0.15) is 5.56 Å². The second-order valence-electron chi connectivity index (χ2n) is 3.24. The van der Waals surface area contributed by atoms with Gasteiger partial charge in [-0.25, -0.2) is 0 Å². The normalized spacial score (nSPS) is 10.6. The van der Waals surface area contributed by atoms with Crippen LogP contribution in [0.25, 0.3) is 0 Å². The van der Waals surface area contributed by atoms with Crippen molar-refractivity contribution in [2.24, 2.45) is 4.99 Å². The van der Waals surface area contributed by atoms with Crippen LogP contribution >= 0.6 is 0 Å². The predicted molar refractivity (Wildman–Crippen MR) is 64.5 cm³/mol. The average molecular weight is 212 g/mol. The van der Waals surface area contributed by atoms with E-state index in [4.69, 9.17) is 4.74 Å². The average Bonchev–Trinajstić information content (AvgIpc) is 2.38. The Labute approximate surface area is 94.4 Å². The summed E-state index contributed by atoms with van der Waals surface area (Å²) in [5.41, 5.74) is 1.93. The van der Waals surface area contributed by atoms with Crippen molar-refractivity contribution in [3.63, 3.8) is 0 Å². The number of aromatic nitrogens is 1. The van der Waals surface area contributed by atoms with Crippen molar-refractivity contribution >= 4 is 11.9 Å². The van der Waals surface area contributed by atoms with E-state index in [1.807, 2.05) is 42.6 Å². The SMILES string of the molecule is COc1ccc(N=Cc2ccncc2)cc1. The van der Waals surface area contributed by atoms with E-state index >= 15 is 0 Å². The van der Waals surface area contributed by atoms with Crippen LogP contribution in [0, 0.1) is 0 Å². The highest BCUT2D eigenvalue weighted by Crippen LogP contribution is 2.17. The number of nitrogens with zero attached hydrogens (tertiary/aromatic N) is 2. The topological polar surface area (TPSA) is 34.5 Å². The van der Waals surface area contributed by atoms with Gasteiger partial charge < -0.3 is 4.74 Å². The van der Waals surface area contributed by atoms with Crippen molar-refractivity contribution < 1.29 is 4.74 Å². The molecule has 0 aliphatic heterocycles. The lowest BCUT2D eigenvalue weighted by Gasteiger charge is -1.98. The van der Waals surface area contributed by atoms with E-state index in [-0.39, 0.29) is 0 Å². The van der Waals surface area contributed by atoms with Crippen molar-refractivity contribution in [3.8, 4) is 5.75 Å². The number of aliphatic imine (C=N–C) groups is 1. The minimum absolute atomic E-state index is 0.836. The van der Waals surface area contributed by atoms with Crippen LogP contribution in [0.3, 0.4) is 0 Å². The molecule has 2 aromatic rings.